The molecule has 2 aliphatic rings. The van der Waals surface area contributed by atoms with Crippen LogP contribution in [0.25, 0.3) is 10.9 Å². The van der Waals surface area contributed by atoms with E-state index in [1.807, 2.05) is 13.1 Å². The van der Waals surface area contributed by atoms with Gasteiger partial charge in [0.05, 0.1) is 19.2 Å². The van der Waals surface area contributed by atoms with E-state index in [1.165, 1.54) is 5.56 Å². The molecule has 0 amide bonds. The van der Waals surface area contributed by atoms with Crippen molar-refractivity contribution in [3.8, 4) is 5.75 Å². The van der Waals surface area contributed by atoms with Crippen molar-refractivity contribution < 1.29 is 9.84 Å². The van der Waals surface area contributed by atoms with Crippen LogP contribution < -0.4 is 14.5 Å². The van der Waals surface area contributed by atoms with Gasteiger partial charge in [-0.2, -0.15) is 0 Å². The molecule has 2 heterocycles. The number of fused-ring (bicyclic) bond motifs is 1. The number of hydrogen-bond acceptors (Lipinski definition) is 6. The lowest BCUT2D eigenvalue weighted by Crippen LogP contribution is -2.34. The topological polar surface area (TPSA) is 61.7 Å². The Morgan fingerprint density at radius 2 is 1.85 bits per heavy atom. The second kappa shape index (κ2) is 9.96. The van der Waals surface area contributed by atoms with Gasteiger partial charge < -0.3 is 19.6 Å². The van der Waals surface area contributed by atoms with Crippen LogP contribution in [0.5, 0.6) is 5.75 Å². The van der Waals surface area contributed by atoms with E-state index in [4.69, 9.17) is 14.7 Å². The minimum Gasteiger partial charge on any atom is -0.496 e. The van der Waals surface area contributed by atoms with Crippen molar-refractivity contribution in [2.24, 2.45) is 0 Å². The average Bonchev–Trinajstić information content (AvgIpc) is 3.61. The van der Waals surface area contributed by atoms with E-state index in [9.17, 15) is 5.11 Å². The molecule has 0 spiro atoms. The number of anilines is 2. The Hall–Kier alpha value is -2.57. The molecule has 1 aromatic heterocycles. The standard InChI is InChI=1S/C27H34N4O2.ClH/c1-27(12-13-27)26-28-23-9-8-20(30(2)16-17-32)18-22(23)25(29-26)31-14-10-19(11-15-31)21-6-4-5-7-24(21)33-3;/h4-9,18-19,32H,10-17H2,1-3H3;1H. The molecule has 0 unspecified atom stereocenters. The van der Waals surface area contributed by atoms with Gasteiger partial charge in [-0.15, -0.1) is 12.4 Å². The van der Waals surface area contributed by atoms with Crippen LogP contribution in [-0.2, 0) is 5.41 Å². The lowest BCUT2D eigenvalue weighted by molar-refractivity contribution is 0.304. The van der Waals surface area contributed by atoms with Crippen molar-refractivity contribution in [1.82, 2.24) is 9.97 Å². The summed E-state index contributed by atoms with van der Waals surface area (Å²) in [5.74, 6) is 3.52. The van der Waals surface area contributed by atoms with E-state index in [0.717, 1.165) is 72.8 Å². The van der Waals surface area contributed by atoms with Crippen LogP contribution in [0.3, 0.4) is 0 Å². The quantitative estimate of drug-likeness (QED) is 0.515. The van der Waals surface area contributed by atoms with Crippen molar-refractivity contribution in [3.05, 3.63) is 53.9 Å². The summed E-state index contributed by atoms with van der Waals surface area (Å²) in [5, 5.41) is 10.5. The molecule has 7 heteroatoms. The molecule has 6 nitrogen and oxygen atoms in total. The van der Waals surface area contributed by atoms with E-state index in [0.29, 0.717) is 12.5 Å². The van der Waals surface area contributed by atoms with Crippen LogP contribution in [0.2, 0.25) is 0 Å². The van der Waals surface area contributed by atoms with Crippen LogP contribution in [0.15, 0.2) is 42.5 Å². The molecule has 0 radical (unpaired) electrons. The molecule has 1 aliphatic heterocycles. The largest absolute Gasteiger partial charge is 0.496 e. The minimum absolute atomic E-state index is 0. The number of aliphatic hydroxyl groups is 1. The van der Waals surface area contributed by atoms with Crippen LogP contribution in [0.1, 0.15) is 49.9 Å². The number of aliphatic hydroxyl groups excluding tert-OH is 1. The highest BCUT2D eigenvalue weighted by Gasteiger charge is 2.42. The van der Waals surface area contributed by atoms with E-state index >= 15 is 0 Å². The molecule has 1 N–H and O–H groups in total. The molecule has 1 aliphatic carbocycles. The summed E-state index contributed by atoms with van der Waals surface area (Å²) in [6, 6.07) is 14.8. The predicted molar refractivity (Wildman–Crippen MR) is 141 cm³/mol. The second-order valence-electron chi connectivity index (χ2n) is 9.78. The smallest absolute Gasteiger partial charge is 0.140 e. The summed E-state index contributed by atoms with van der Waals surface area (Å²) in [6.07, 6.45) is 4.46. The molecular weight excluding hydrogens is 448 g/mol. The van der Waals surface area contributed by atoms with Gasteiger partial charge in [0.1, 0.15) is 17.4 Å². The van der Waals surface area contributed by atoms with E-state index in [1.54, 1.807) is 7.11 Å². The van der Waals surface area contributed by atoms with E-state index < -0.39 is 0 Å². The van der Waals surface area contributed by atoms with Gasteiger partial charge in [-0.05, 0) is 61.4 Å². The zero-order valence-electron chi connectivity index (χ0n) is 20.3. The fourth-order valence-electron chi connectivity index (χ4n) is 4.94. The van der Waals surface area contributed by atoms with Crippen LogP contribution in [0.4, 0.5) is 11.5 Å². The maximum absolute atomic E-state index is 9.38. The number of rotatable bonds is 7. The Labute approximate surface area is 208 Å². The van der Waals surface area contributed by atoms with Crippen molar-refractivity contribution in [2.45, 2.75) is 43.9 Å². The summed E-state index contributed by atoms with van der Waals surface area (Å²) in [4.78, 5) is 14.7. The average molecular weight is 483 g/mol. The third kappa shape index (κ3) is 4.66. The van der Waals surface area contributed by atoms with Crippen LogP contribution in [0, 0.1) is 0 Å². The number of aromatic nitrogens is 2. The Morgan fingerprint density at radius 3 is 2.53 bits per heavy atom. The molecule has 34 heavy (non-hydrogen) atoms. The summed E-state index contributed by atoms with van der Waals surface area (Å²) in [6.45, 7) is 4.92. The first-order chi connectivity index (χ1) is 16.0. The Morgan fingerprint density at radius 1 is 1.12 bits per heavy atom. The number of nitrogens with zero attached hydrogens (tertiary/aromatic N) is 4. The number of benzene rings is 2. The summed E-state index contributed by atoms with van der Waals surface area (Å²) < 4.78 is 5.63. The minimum atomic E-state index is 0. The highest BCUT2D eigenvalue weighted by molar-refractivity contribution is 5.92. The van der Waals surface area contributed by atoms with Crippen molar-refractivity contribution in [3.63, 3.8) is 0 Å². The number of methoxy groups -OCH3 is 1. The number of ether oxygens (including phenoxy) is 1. The lowest BCUT2D eigenvalue weighted by atomic mass is 9.88. The normalized spacial score (nSPS) is 17.4. The van der Waals surface area contributed by atoms with Gasteiger partial charge in [-0.3, -0.25) is 0 Å². The fraction of sp³-hybridized carbons (Fsp3) is 0.481. The van der Waals surface area contributed by atoms with Gasteiger partial charge in [0.15, 0.2) is 0 Å². The number of likely N-dealkylation sites (N-methyl/N-ethyl adjacent to an activating group) is 1. The maximum atomic E-state index is 9.38. The zero-order chi connectivity index (χ0) is 23.0. The monoisotopic (exact) mass is 482 g/mol. The molecule has 2 aromatic carbocycles. The first kappa shape index (κ1) is 24.6. The van der Waals surface area contributed by atoms with Crippen molar-refractivity contribution in [1.29, 1.82) is 0 Å². The molecule has 0 atom stereocenters. The van der Waals surface area contributed by atoms with Gasteiger partial charge >= 0.3 is 0 Å². The molecular formula is C27H35ClN4O2. The first-order valence-corrected chi connectivity index (χ1v) is 12.0. The van der Waals surface area contributed by atoms with Gasteiger partial charge in [0.2, 0.25) is 0 Å². The molecule has 5 rings (SSSR count). The number of hydrogen-bond donors (Lipinski definition) is 1. The Bertz CT molecular complexity index is 1140. The third-order valence-corrected chi connectivity index (χ3v) is 7.45. The summed E-state index contributed by atoms with van der Waals surface area (Å²) >= 11 is 0. The van der Waals surface area contributed by atoms with Crippen molar-refractivity contribution >= 4 is 34.8 Å². The Balaban J connectivity index is 0.00000274. The number of halogens is 1. The molecule has 2 fully saturated rings. The van der Waals surface area contributed by atoms with Gasteiger partial charge in [0.25, 0.3) is 0 Å². The third-order valence-electron chi connectivity index (χ3n) is 7.45. The van der Waals surface area contributed by atoms with E-state index in [2.05, 4.69) is 53.1 Å². The lowest BCUT2D eigenvalue weighted by Gasteiger charge is -2.34. The van der Waals surface area contributed by atoms with E-state index in [-0.39, 0.29) is 24.4 Å². The fourth-order valence-corrected chi connectivity index (χ4v) is 4.94. The highest BCUT2D eigenvalue weighted by Crippen LogP contribution is 2.47. The summed E-state index contributed by atoms with van der Waals surface area (Å²) in [5.41, 5.74) is 3.52. The highest BCUT2D eigenvalue weighted by atomic mass is 35.5. The van der Waals surface area contributed by atoms with Crippen LogP contribution in [-0.4, -0.2) is 55.5 Å². The van der Waals surface area contributed by atoms with Gasteiger partial charge in [0, 0.05) is 43.2 Å². The van der Waals surface area contributed by atoms with Gasteiger partial charge in [-0.1, -0.05) is 25.1 Å². The molecule has 1 saturated carbocycles. The first-order valence-electron chi connectivity index (χ1n) is 12.0. The molecule has 0 bridgehead atoms. The predicted octanol–water partition coefficient (Wildman–Crippen LogP) is 4.92. The molecule has 1 saturated heterocycles. The number of para-hydroxylation sites is 1. The zero-order valence-corrected chi connectivity index (χ0v) is 21.1. The maximum Gasteiger partial charge on any atom is 0.140 e. The second-order valence-corrected chi connectivity index (χ2v) is 9.78. The Kier molecular flexibility index (Phi) is 7.20. The summed E-state index contributed by atoms with van der Waals surface area (Å²) in [7, 11) is 3.77. The number of piperidine rings is 1. The van der Waals surface area contributed by atoms with Crippen LogP contribution >= 0.6 is 12.4 Å². The van der Waals surface area contributed by atoms with Crippen molar-refractivity contribution in [2.75, 3.05) is 50.2 Å². The molecule has 182 valence electrons. The molecule has 3 aromatic rings. The van der Waals surface area contributed by atoms with Gasteiger partial charge in [-0.25, -0.2) is 9.97 Å². The SMILES string of the molecule is COc1ccccc1C1CCN(c2nc(C3(C)CC3)nc3ccc(N(C)CCO)cc23)CC1.Cl.